The maximum Gasteiger partial charge on any atom is 0.314 e. The predicted octanol–water partition coefficient (Wildman–Crippen LogP) is -3.84. The third-order valence-electron chi connectivity index (χ3n) is 17.8. The van der Waals surface area contributed by atoms with E-state index in [4.69, 9.17) is 37.9 Å². The van der Waals surface area contributed by atoms with Gasteiger partial charge in [-0.25, -0.2) is 0 Å². The van der Waals surface area contributed by atoms with Gasteiger partial charge in [0.15, 0.2) is 18.9 Å². The van der Waals surface area contributed by atoms with E-state index in [1.807, 2.05) is 6.92 Å². The fourth-order valence-electron chi connectivity index (χ4n) is 13.9. The molecule has 4 aliphatic carbocycles. The number of hydrogen-bond donors (Lipinski definition) is 13. The van der Waals surface area contributed by atoms with Crippen molar-refractivity contribution in [1.82, 2.24) is 0 Å². The first kappa shape index (κ1) is 51.8. The van der Waals surface area contributed by atoms with E-state index in [2.05, 4.69) is 20.4 Å². The van der Waals surface area contributed by atoms with E-state index in [0.717, 1.165) is 12.0 Å². The lowest BCUT2D eigenvalue weighted by atomic mass is 9.39. The third kappa shape index (κ3) is 8.25. The summed E-state index contributed by atoms with van der Waals surface area (Å²) in [6, 6.07) is 0. The molecule has 8 rings (SSSR count). The fraction of sp³-hybridized carbons (Fsp3) is 0.933. The monoisotopic (exact) mass is 964 g/mol. The molecule has 1 spiro atoms. The highest BCUT2D eigenvalue weighted by atomic mass is 16.8. The van der Waals surface area contributed by atoms with Gasteiger partial charge >= 0.3 is 5.97 Å². The summed E-state index contributed by atoms with van der Waals surface area (Å²) >= 11 is 0. The summed E-state index contributed by atoms with van der Waals surface area (Å²) in [6.45, 7) is 9.89. The Morgan fingerprint density at radius 1 is 0.597 bits per heavy atom. The van der Waals surface area contributed by atoms with Crippen LogP contribution in [0.25, 0.3) is 0 Å². The SMILES string of the molecule is C=C1CC23CCC4[C@](C)(C(=O)O[C@@H]5OC(CO)[C@@H](O)C(O)C5O)CCC[C@@]4(C)[C@@H]2CC[C@]1(O[C@@H]1OC(CO)[C@@H](O)C(O[C@@H]2OC(CO)[C@@H](O)C(O)C2O)C1O[C@@H]1OC(C)[C@H](O)C(O)C1O)[C@@H]3C. The molecule has 384 valence electrons. The van der Waals surface area contributed by atoms with E-state index in [1.54, 1.807) is 0 Å². The number of carbonyl (C=O) groups excluding carboxylic acids is 1. The van der Waals surface area contributed by atoms with Crippen LogP contribution >= 0.6 is 0 Å². The van der Waals surface area contributed by atoms with Crippen molar-refractivity contribution in [2.75, 3.05) is 19.8 Å². The molecule has 22 nitrogen and oxygen atoms in total. The molecule has 8 fully saturated rings. The summed E-state index contributed by atoms with van der Waals surface area (Å²) in [4.78, 5) is 14.3. The lowest BCUT2D eigenvalue weighted by Gasteiger charge is -2.66. The quantitative estimate of drug-likeness (QED) is 0.0536. The summed E-state index contributed by atoms with van der Waals surface area (Å²) in [7, 11) is 0. The largest absolute Gasteiger partial charge is 0.432 e. The minimum absolute atomic E-state index is 0.0261. The standard InChI is InChI=1S/C45H72O22/c1-17-13-44-11-7-23-42(4,9-6-10-43(23,5)41(59)66-39-34(58)31(55)27(51)21(15-47)62-39)24(44)8-12-45(17,19(44)3)67-40-36(65-37-32(56)29(53)25(49)18(2)60-37)35(28(52)22(16-48)63-40)64-38-33(57)30(54)26(50)20(14-46)61-38/h18-40,46-58H,1,6-16H2,2-5H3/t18?,19-,20?,21?,22?,23?,24+,25+,26-,27-,28-,29?,30?,31?,32?,33?,34?,35?,36?,37+,38+,39+,40+,42-,43-,44?,45-/m1/s1. The van der Waals surface area contributed by atoms with E-state index in [1.165, 1.54) is 6.92 Å². The Hall–Kier alpha value is -1.59. The van der Waals surface area contributed by atoms with Crippen molar-refractivity contribution in [2.45, 2.75) is 207 Å². The molecule has 13 N–H and O–H groups in total. The molecule has 4 saturated heterocycles. The summed E-state index contributed by atoms with van der Waals surface area (Å²) in [5.74, 6) is -1.06. The predicted molar refractivity (Wildman–Crippen MR) is 222 cm³/mol. The van der Waals surface area contributed by atoms with Gasteiger partial charge in [0.05, 0.1) is 36.9 Å². The highest BCUT2D eigenvalue weighted by Gasteiger charge is 2.72. The van der Waals surface area contributed by atoms with Gasteiger partial charge in [-0.05, 0) is 93.0 Å². The van der Waals surface area contributed by atoms with Gasteiger partial charge < -0.3 is 104 Å². The van der Waals surface area contributed by atoms with Crippen LogP contribution in [0, 0.1) is 34.0 Å². The maximum absolute atomic E-state index is 14.3. The van der Waals surface area contributed by atoms with Gasteiger partial charge in [0, 0.05) is 0 Å². The highest BCUT2D eigenvalue weighted by molar-refractivity contribution is 5.77. The van der Waals surface area contributed by atoms with Crippen molar-refractivity contribution in [3.05, 3.63) is 12.2 Å². The molecule has 0 aromatic carbocycles. The van der Waals surface area contributed by atoms with Crippen molar-refractivity contribution >= 4 is 5.97 Å². The van der Waals surface area contributed by atoms with Crippen LogP contribution in [0.15, 0.2) is 12.2 Å². The Bertz CT molecular complexity index is 1770. The Labute approximate surface area is 387 Å². The number of fused-ring (bicyclic) bond motifs is 3. The Balaban J connectivity index is 1.08. The smallest absolute Gasteiger partial charge is 0.314 e. The van der Waals surface area contributed by atoms with E-state index in [-0.39, 0.29) is 17.8 Å². The maximum atomic E-state index is 14.3. The zero-order chi connectivity index (χ0) is 48.9. The molecule has 27 atom stereocenters. The summed E-state index contributed by atoms with van der Waals surface area (Å²) in [6.07, 6.45) is -28.0. The molecule has 0 aromatic heterocycles. The normalized spacial score (nSPS) is 55.7. The summed E-state index contributed by atoms with van der Waals surface area (Å²) in [5, 5.41) is 138. The lowest BCUT2D eigenvalue weighted by Crippen LogP contribution is -2.68. The van der Waals surface area contributed by atoms with Gasteiger partial charge in [-0.15, -0.1) is 0 Å². The van der Waals surface area contributed by atoms with Gasteiger partial charge in [0.1, 0.15) is 91.6 Å². The van der Waals surface area contributed by atoms with Crippen molar-refractivity contribution in [2.24, 2.45) is 34.0 Å². The van der Waals surface area contributed by atoms with Crippen LogP contribution in [0.4, 0.5) is 0 Å². The molecule has 22 heteroatoms. The molecular formula is C45H72O22. The Morgan fingerprint density at radius 2 is 1.10 bits per heavy atom. The minimum Gasteiger partial charge on any atom is -0.432 e. The van der Waals surface area contributed by atoms with Crippen LogP contribution in [0.1, 0.15) is 79.1 Å². The molecule has 67 heavy (non-hydrogen) atoms. The van der Waals surface area contributed by atoms with Crippen molar-refractivity contribution in [3.63, 3.8) is 0 Å². The molecule has 8 aliphatic rings. The number of rotatable bonds is 11. The van der Waals surface area contributed by atoms with Crippen LogP contribution in [0.2, 0.25) is 0 Å². The highest BCUT2D eigenvalue weighted by Crippen LogP contribution is 2.75. The molecule has 0 radical (unpaired) electrons. The number of aliphatic hydroxyl groups excluding tert-OH is 13. The van der Waals surface area contributed by atoms with Gasteiger partial charge in [-0.3, -0.25) is 4.79 Å². The number of carbonyl (C=O) groups is 1. The van der Waals surface area contributed by atoms with E-state index >= 15 is 0 Å². The van der Waals surface area contributed by atoms with E-state index < -0.39 is 170 Å². The van der Waals surface area contributed by atoms with Crippen molar-refractivity contribution in [3.8, 4) is 0 Å². The van der Waals surface area contributed by atoms with Gasteiger partial charge in [0.2, 0.25) is 6.29 Å². The van der Waals surface area contributed by atoms with Crippen LogP contribution in [0.3, 0.4) is 0 Å². The zero-order valence-corrected chi connectivity index (χ0v) is 38.3. The molecule has 0 aromatic rings. The van der Waals surface area contributed by atoms with Crippen molar-refractivity contribution in [1.29, 1.82) is 0 Å². The van der Waals surface area contributed by atoms with Gasteiger partial charge in [-0.2, -0.15) is 0 Å². The number of ether oxygens (including phenoxy) is 8. The number of esters is 1. The molecule has 4 heterocycles. The number of aliphatic hydroxyl groups is 13. The molecule has 14 unspecified atom stereocenters. The van der Waals surface area contributed by atoms with E-state index in [9.17, 15) is 71.2 Å². The van der Waals surface area contributed by atoms with Crippen LogP contribution in [0.5, 0.6) is 0 Å². The molecular weight excluding hydrogens is 892 g/mol. The molecule has 4 aliphatic heterocycles. The second-order valence-electron chi connectivity index (χ2n) is 21.1. The Kier molecular flexibility index (Phi) is 14.8. The molecule has 2 bridgehead atoms. The van der Waals surface area contributed by atoms with Crippen molar-refractivity contribution < 1.29 is 109 Å². The van der Waals surface area contributed by atoms with E-state index in [0.29, 0.717) is 44.9 Å². The number of hydrogen-bond acceptors (Lipinski definition) is 22. The Morgan fingerprint density at radius 3 is 1.72 bits per heavy atom. The summed E-state index contributed by atoms with van der Waals surface area (Å²) in [5.41, 5.74) is -2.31. The first-order valence-corrected chi connectivity index (χ1v) is 23.7. The minimum atomic E-state index is -1.93. The fourth-order valence-corrected chi connectivity index (χ4v) is 13.9. The molecule has 0 amide bonds. The van der Waals surface area contributed by atoms with Gasteiger partial charge in [-0.1, -0.05) is 26.8 Å². The van der Waals surface area contributed by atoms with Crippen LogP contribution < -0.4 is 0 Å². The lowest BCUT2D eigenvalue weighted by molar-refractivity contribution is -0.400. The average Bonchev–Trinajstić information content (AvgIpc) is 3.39. The second kappa shape index (κ2) is 19.1. The topological polar surface area (TPSA) is 354 Å². The average molecular weight is 965 g/mol. The first-order chi connectivity index (χ1) is 31.5. The second-order valence-corrected chi connectivity index (χ2v) is 21.1. The van der Waals surface area contributed by atoms with Crippen LogP contribution in [-0.2, 0) is 42.7 Å². The molecule has 4 saturated carbocycles. The summed E-state index contributed by atoms with van der Waals surface area (Å²) < 4.78 is 48.7. The third-order valence-corrected chi connectivity index (χ3v) is 17.8. The van der Waals surface area contributed by atoms with Gasteiger partial charge in [0.25, 0.3) is 0 Å². The first-order valence-electron chi connectivity index (χ1n) is 23.7. The zero-order valence-electron chi connectivity index (χ0n) is 38.3. The van der Waals surface area contributed by atoms with Crippen LogP contribution in [-0.4, -0.2) is 221 Å².